The summed E-state index contributed by atoms with van der Waals surface area (Å²) in [6.45, 7) is 1.90. The fourth-order valence-electron chi connectivity index (χ4n) is 1.64. The Morgan fingerprint density at radius 3 is 2.61 bits per heavy atom. The van der Waals surface area contributed by atoms with Crippen LogP contribution in [0.4, 0.5) is 16.2 Å². The van der Waals surface area contributed by atoms with E-state index in [-0.39, 0.29) is 5.02 Å². The predicted molar refractivity (Wildman–Crippen MR) is 74.1 cm³/mol. The normalized spacial score (nSPS) is 9.94. The maximum Gasteiger partial charge on any atom is 0.328 e. The van der Waals surface area contributed by atoms with Crippen molar-refractivity contribution in [2.24, 2.45) is 5.73 Å². The van der Waals surface area contributed by atoms with Gasteiger partial charge >= 0.3 is 6.03 Å². The van der Waals surface area contributed by atoms with Crippen molar-refractivity contribution in [3.8, 4) is 0 Å². The molecule has 0 spiro atoms. The van der Waals surface area contributed by atoms with Crippen LogP contribution in [0.25, 0.3) is 0 Å². The second-order valence-corrected chi connectivity index (χ2v) is 4.05. The van der Waals surface area contributed by atoms with Gasteiger partial charge in [0, 0.05) is 12.7 Å². The molecular formula is C11H16ClN5O. The number of urea groups is 1. The van der Waals surface area contributed by atoms with Crippen LogP contribution >= 0.6 is 11.6 Å². The molecule has 0 unspecified atom stereocenters. The Bertz CT molecular complexity index is 489. The summed E-state index contributed by atoms with van der Waals surface area (Å²) in [5.41, 5.74) is 12.8. The van der Waals surface area contributed by atoms with Crippen molar-refractivity contribution in [3.63, 3.8) is 0 Å². The van der Waals surface area contributed by atoms with E-state index in [0.29, 0.717) is 17.8 Å². The van der Waals surface area contributed by atoms with Crippen LogP contribution in [0, 0.1) is 5.41 Å². The maximum absolute atomic E-state index is 11.8. The van der Waals surface area contributed by atoms with E-state index >= 15 is 0 Å². The average molecular weight is 270 g/mol. The summed E-state index contributed by atoms with van der Waals surface area (Å²) in [5, 5.41) is 10.2. The van der Waals surface area contributed by atoms with Gasteiger partial charge in [-0.1, -0.05) is 18.5 Å². The number of guanidine groups is 1. The van der Waals surface area contributed by atoms with Crippen LogP contribution in [0.5, 0.6) is 0 Å². The van der Waals surface area contributed by atoms with Gasteiger partial charge in [0.2, 0.25) is 5.96 Å². The molecule has 0 fully saturated rings. The van der Waals surface area contributed by atoms with Crippen molar-refractivity contribution in [1.29, 1.82) is 5.41 Å². The highest BCUT2D eigenvalue weighted by molar-refractivity contribution is 6.35. The summed E-state index contributed by atoms with van der Waals surface area (Å²) in [5.74, 6) is -0.407. The average Bonchev–Trinajstić information content (AvgIpc) is 2.30. The first kappa shape index (κ1) is 14.1. The van der Waals surface area contributed by atoms with Crippen molar-refractivity contribution in [2.75, 3.05) is 17.7 Å². The molecular weight excluding hydrogens is 254 g/mol. The fraction of sp³-hybridized carbons (Fsp3) is 0.273. The van der Waals surface area contributed by atoms with Gasteiger partial charge in [0.05, 0.1) is 10.7 Å². The van der Waals surface area contributed by atoms with Gasteiger partial charge in [0.15, 0.2) is 0 Å². The van der Waals surface area contributed by atoms with Gasteiger partial charge < -0.3 is 16.8 Å². The monoisotopic (exact) mass is 269 g/mol. The highest BCUT2D eigenvalue weighted by Crippen LogP contribution is 2.32. The molecule has 0 saturated heterocycles. The van der Waals surface area contributed by atoms with Crippen molar-refractivity contribution in [3.05, 3.63) is 22.7 Å². The molecule has 0 aliphatic heterocycles. The van der Waals surface area contributed by atoms with E-state index in [1.807, 2.05) is 6.92 Å². The number of halogens is 1. The molecule has 0 aliphatic carbocycles. The highest BCUT2D eigenvalue weighted by Gasteiger charge is 2.23. The molecule has 18 heavy (non-hydrogen) atoms. The minimum absolute atomic E-state index is 0.283. The minimum atomic E-state index is -0.524. The van der Waals surface area contributed by atoms with Gasteiger partial charge in [0.25, 0.3) is 0 Å². The van der Waals surface area contributed by atoms with Crippen molar-refractivity contribution < 1.29 is 4.79 Å². The van der Waals surface area contributed by atoms with Gasteiger partial charge in [-0.2, -0.15) is 0 Å². The number of carbonyl (C=O) groups excluding carboxylic acids is 1. The number of anilines is 2. The van der Waals surface area contributed by atoms with E-state index in [9.17, 15) is 4.79 Å². The van der Waals surface area contributed by atoms with Gasteiger partial charge in [-0.05, 0) is 24.1 Å². The van der Waals surface area contributed by atoms with E-state index in [0.717, 1.165) is 10.5 Å². The number of nitrogen functional groups attached to an aromatic ring is 1. The second-order valence-electron chi connectivity index (χ2n) is 3.64. The summed E-state index contributed by atoms with van der Waals surface area (Å²) in [6.07, 6.45) is 0.612. The van der Waals surface area contributed by atoms with Crippen LogP contribution in [0.15, 0.2) is 12.1 Å². The lowest BCUT2D eigenvalue weighted by molar-refractivity contribution is 0.251. The minimum Gasteiger partial charge on any atom is -0.399 e. The lowest BCUT2D eigenvalue weighted by Crippen LogP contribution is -2.46. The van der Waals surface area contributed by atoms with Gasteiger partial charge in [0.1, 0.15) is 0 Å². The molecule has 2 amide bonds. The lowest BCUT2D eigenvalue weighted by atomic mass is 10.1. The fourth-order valence-corrected chi connectivity index (χ4v) is 1.97. The zero-order valence-corrected chi connectivity index (χ0v) is 11.0. The first-order valence-electron chi connectivity index (χ1n) is 5.36. The predicted octanol–water partition coefficient (Wildman–Crippen LogP) is 1.52. The molecule has 0 radical (unpaired) electrons. The Morgan fingerprint density at radius 1 is 1.56 bits per heavy atom. The Morgan fingerprint density at radius 2 is 2.17 bits per heavy atom. The molecule has 6 N–H and O–H groups in total. The zero-order valence-electron chi connectivity index (χ0n) is 10.2. The molecule has 1 rings (SSSR count). The van der Waals surface area contributed by atoms with E-state index in [1.165, 1.54) is 13.1 Å². The standard InChI is InChI=1S/C11H16ClN5O/c1-3-6-4-7(13)5-8(12)9(6)17(10(14)15)11(18)16-2/h4-5H,3,13H2,1-2H3,(H3,14,15)(H,16,18). The largest absolute Gasteiger partial charge is 0.399 e. The SMILES string of the molecule is CCc1cc(N)cc(Cl)c1N(C(=N)N)C(=O)NC. The molecule has 7 heteroatoms. The van der Waals surface area contributed by atoms with E-state index in [1.54, 1.807) is 6.07 Å². The summed E-state index contributed by atoms with van der Waals surface area (Å²) < 4.78 is 0. The molecule has 0 saturated carbocycles. The number of nitrogens with one attached hydrogen (secondary N) is 2. The Hall–Kier alpha value is -1.95. The zero-order chi connectivity index (χ0) is 13.9. The van der Waals surface area contributed by atoms with E-state index < -0.39 is 12.0 Å². The molecule has 6 nitrogen and oxygen atoms in total. The van der Waals surface area contributed by atoms with Gasteiger partial charge in [-0.25, -0.2) is 9.69 Å². The maximum atomic E-state index is 11.8. The molecule has 0 heterocycles. The molecule has 0 aromatic heterocycles. The number of rotatable bonds is 2. The lowest BCUT2D eigenvalue weighted by Gasteiger charge is -2.24. The quantitative estimate of drug-likeness (QED) is 0.371. The summed E-state index contributed by atoms with van der Waals surface area (Å²) >= 11 is 6.10. The Labute approximate surface area is 110 Å². The second kappa shape index (κ2) is 5.59. The number of hydrogen-bond acceptors (Lipinski definition) is 3. The Kier molecular flexibility index (Phi) is 4.38. The van der Waals surface area contributed by atoms with E-state index in [2.05, 4.69) is 5.32 Å². The molecule has 1 aromatic carbocycles. The first-order valence-corrected chi connectivity index (χ1v) is 5.73. The highest BCUT2D eigenvalue weighted by atomic mass is 35.5. The first-order chi connectivity index (χ1) is 8.42. The Balaban J connectivity index is 3.45. The van der Waals surface area contributed by atoms with Crippen LogP contribution < -0.4 is 21.7 Å². The van der Waals surface area contributed by atoms with Crippen molar-refractivity contribution >= 4 is 35.0 Å². The van der Waals surface area contributed by atoms with Gasteiger partial charge in [-0.3, -0.25) is 5.41 Å². The number of nitrogens with two attached hydrogens (primary N) is 2. The van der Waals surface area contributed by atoms with Crippen molar-refractivity contribution in [2.45, 2.75) is 13.3 Å². The number of carbonyl (C=O) groups is 1. The molecule has 0 bridgehead atoms. The smallest absolute Gasteiger partial charge is 0.328 e. The summed E-state index contributed by atoms with van der Waals surface area (Å²) in [7, 11) is 1.45. The number of aryl methyl sites for hydroxylation is 1. The topological polar surface area (TPSA) is 108 Å². The number of amides is 2. The van der Waals surface area contributed by atoms with Crippen molar-refractivity contribution in [1.82, 2.24) is 5.32 Å². The summed E-state index contributed by atoms with van der Waals surface area (Å²) in [6, 6.07) is 2.71. The van der Waals surface area contributed by atoms with Crippen LogP contribution in [0.1, 0.15) is 12.5 Å². The van der Waals surface area contributed by atoms with Crippen LogP contribution in [0.3, 0.4) is 0 Å². The number of benzene rings is 1. The van der Waals surface area contributed by atoms with Crippen LogP contribution in [0.2, 0.25) is 5.02 Å². The summed E-state index contributed by atoms with van der Waals surface area (Å²) in [4.78, 5) is 12.8. The molecule has 0 atom stereocenters. The third-order valence-corrected chi connectivity index (χ3v) is 2.72. The number of nitrogens with zero attached hydrogens (tertiary/aromatic N) is 1. The van der Waals surface area contributed by atoms with Gasteiger partial charge in [-0.15, -0.1) is 0 Å². The third kappa shape index (κ3) is 2.65. The molecule has 98 valence electrons. The van der Waals surface area contributed by atoms with Crippen LogP contribution in [-0.2, 0) is 6.42 Å². The van der Waals surface area contributed by atoms with Crippen LogP contribution in [-0.4, -0.2) is 19.0 Å². The molecule has 0 aliphatic rings. The third-order valence-electron chi connectivity index (χ3n) is 2.43. The van der Waals surface area contributed by atoms with E-state index in [4.69, 9.17) is 28.5 Å². The number of hydrogen-bond donors (Lipinski definition) is 4. The molecule has 1 aromatic rings.